The molecule has 0 unspecified atom stereocenters. The Labute approximate surface area is 67.0 Å². The van der Waals surface area contributed by atoms with E-state index in [2.05, 4.69) is 31.0 Å². The SMILES string of the molecule is CCC(C)(C)c1[nH]ncc1N. The summed E-state index contributed by atoms with van der Waals surface area (Å²) in [7, 11) is 0. The van der Waals surface area contributed by atoms with Crippen molar-refractivity contribution in [3.8, 4) is 0 Å². The maximum atomic E-state index is 5.71. The highest BCUT2D eigenvalue weighted by atomic mass is 15.1. The Hall–Kier alpha value is -0.990. The van der Waals surface area contributed by atoms with Crippen molar-refractivity contribution in [2.45, 2.75) is 32.6 Å². The highest BCUT2D eigenvalue weighted by Crippen LogP contribution is 2.28. The molecule has 0 aromatic carbocycles. The molecule has 0 radical (unpaired) electrons. The van der Waals surface area contributed by atoms with Crippen LogP contribution in [0.5, 0.6) is 0 Å². The molecule has 3 heteroatoms. The van der Waals surface area contributed by atoms with E-state index in [1.165, 1.54) is 0 Å². The van der Waals surface area contributed by atoms with Crippen LogP contribution < -0.4 is 5.73 Å². The molecule has 62 valence electrons. The summed E-state index contributed by atoms with van der Waals surface area (Å²) in [5, 5.41) is 6.81. The molecule has 0 saturated carbocycles. The zero-order chi connectivity index (χ0) is 8.48. The number of aromatic nitrogens is 2. The highest BCUT2D eigenvalue weighted by Gasteiger charge is 2.22. The summed E-state index contributed by atoms with van der Waals surface area (Å²) in [6.07, 6.45) is 2.71. The molecule has 0 saturated heterocycles. The predicted octanol–water partition coefficient (Wildman–Crippen LogP) is 1.68. The average molecular weight is 153 g/mol. The van der Waals surface area contributed by atoms with Crippen molar-refractivity contribution in [3.63, 3.8) is 0 Å². The summed E-state index contributed by atoms with van der Waals surface area (Å²) >= 11 is 0. The molecule has 0 aliphatic carbocycles. The lowest BCUT2D eigenvalue weighted by Crippen LogP contribution is -2.17. The summed E-state index contributed by atoms with van der Waals surface area (Å²) in [4.78, 5) is 0. The fourth-order valence-electron chi connectivity index (χ4n) is 1.01. The second-order valence-electron chi connectivity index (χ2n) is 3.44. The van der Waals surface area contributed by atoms with Gasteiger partial charge in [-0.2, -0.15) is 5.10 Å². The first-order valence-corrected chi connectivity index (χ1v) is 3.87. The second-order valence-corrected chi connectivity index (χ2v) is 3.44. The quantitative estimate of drug-likeness (QED) is 0.679. The van der Waals surface area contributed by atoms with Gasteiger partial charge in [-0.05, 0) is 6.42 Å². The summed E-state index contributed by atoms with van der Waals surface area (Å²) in [5.41, 5.74) is 7.62. The number of nitrogens with one attached hydrogen (secondary N) is 1. The van der Waals surface area contributed by atoms with E-state index in [1.807, 2.05) is 0 Å². The number of rotatable bonds is 2. The van der Waals surface area contributed by atoms with Gasteiger partial charge in [0, 0.05) is 5.41 Å². The van der Waals surface area contributed by atoms with Gasteiger partial charge in [0.1, 0.15) is 0 Å². The Morgan fingerprint density at radius 1 is 1.64 bits per heavy atom. The molecule has 0 bridgehead atoms. The number of nitrogens with two attached hydrogens (primary N) is 1. The molecule has 3 N–H and O–H groups in total. The summed E-state index contributed by atoms with van der Waals surface area (Å²) in [6.45, 7) is 6.44. The molecule has 1 aromatic heterocycles. The van der Waals surface area contributed by atoms with Gasteiger partial charge in [-0.1, -0.05) is 20.8 Å². The third-order valence-corrected chi connectivity index (χ3v) is 2.23. The van der Waals surface area contributed by atoms with Crippen LogP contribution in [-0.2, 0) is 5.41 Å². The van der Waals surface area contributed by atoms with E-state index in [4.69, 9.17) is 5.73 Å². The van der Waals surface area contributed by atoms with Gasteiger partial charge >= 0.3 is 0 Å². The van der Waals surface area contributed by atoms with Gasteiger partial charge in [-0.3, -0.25) is 5.10 Å². The molecular formula is C8H15N3. The minimum Gasteiger partial charge on any atom is -0.396 e. The molecule has 0 amide bonds. The zero-order valence-corrected chi connectivity index (χ0v) is 7.31. The predicted molar refractivity (Wildman–Crippen MR) is 46.3 cm³/mol. The Bertz CT molecular complexity index is 237. The molecule has 0 atom stereocenters. The van der Waals surface area contributed by atoms with Crippen molar-refractivity contribution in [2.24, 2.45) is 0 Å². The first-order valence-electron chi connectivity index (χ1n) is 3.87. The first-order chi connectivity index (χ1) is 5.08. The van der Waals surface area contributed by atoms with Crippen LogP contribution in [0.4, 0.5) is 5.69 Å². The number of H-pyrrole nitrogens is 1. The lowest BCUT2D eigenvalue weighted by Gasteiger charge is -2.21. The Morgan fingerprint density at radius 3 is 2.64 bits per heavy atom. The second kappa shape index (κ2) is 2.57. The average Bonchev–Trinajstić information content (AvgIpc) is 2.36. The molecule has 0 fully saturated rings. The fraction of sp³-hybridized carbons (Fsp3) is 0.625. The molecule has 11 heavy (non-hydrogen) atoms. The van der Waals surface area contributed by atoms with E-state index in [0.29, 0.717) is 0 Å². The van der Waals surface area contributed by atoms with Crippen molar-refractivity contribution in [2.75, 3.05) is 5.73 Å². The normalized spacial score (nSPS) is 11.9. The van der Waals surface area contributed by atoms with Crippen LogP contribution in [0, 0.1) is 0 Å². The van der Waals surface area contributed by atoms with Crippen LogP contribution in [0.1, 0.15) is 32.9 Å². The van der Waals surface area contributed by atoms with Gasteiger partial charge in [0.15, 0.2) is 0 Å². The largest absolute Gasteiger partial charge is 0.396 e. The van der Waals surface area contributed by atoms with Gasteiger partial charge in [0.25, 0.3) is 0 Å². The number of aromatic amines is 1. The van der Waals surface area contributed by atoms with E-state index < -0.39 is 0 Å². The van der Waals surface area contributed by atoms with Gasteiger partial charge in [0.2, 0.25) is 0 Å². The Morgan fingerprint density at radius 2 is 2.27 bits per heavy atom. The molecule has 1 aromatic rings. The first kappa shape index (κ1) is 8.11. The van der Waals surface area contributed by atoms with Gasteiger partial charge in [-0.25, -0.2) is 0 Å². The Balaban J connectivity index is 3.00. The summed E-state index contributed by atoms with van der Waals surface area (Å²) in [6, 6.07) is 0. The molecule has 1 heterocycles. The standard InChI is InChI=1S/C8H15N3/c1-4-8(2,3)7-6(9)5-10-11-7/h5H,4,9H2,1-3H3,(H,10,11). The van der Waals surface area contributed by atoms with Crippen LogP contribution in [0.2, 0.25) is 0 Å². The van der Waals surface area contributed by atoms with Crippen LogP contribution >= 0.6 is 0 Å². The molecule has 0 aliphatic rings. The minimum absolute atomic E-state index is 0.112. The third-order valence-electron chi connectivity index (χ3n) is 2.23. The molecule has 0 aliphatic heterocycles. The van der Waals surface area contributed by atoms with E-state index in [1.54, 1.807) is 6.20 Å². The van der Waals surface area contributed by atoms with Crippen molar-refractivity contribution >= 4 is 5.69 Å². The van der Waals surface area contributed by atoms with E-state index in [9.17, 15) is 0 Å². The summed E-state index contributed by atoms with van der Waals surface area (Å²) in [5.74, 6) is 0. The van der Waals surface area contributed by atoms with Crippen LogP contribution in [-0.4, -0.2) is 10.2 Å². The smallest absolute Gasteiger partial charge is 0.0735 e. The van der Waals surface area contributed by atoms with Crippen molar-refractivity contribution in [1.82, 2.24) is 10.2 Å². The van der Waals surface area contributed by atoms with Crippen LogP contribution in [0.25, 0.3) is 0 Å². The molecule has 0 spiro atoms. The number of anilines is 1. The lowest BCUT2D eigenvalue weighted by atomic mass is 9.86. The number of hydrogen-bond donors (Lipinski definition) is 2. The van der Waals surface area contributed by atoms with Gasteiger partial charge in [0.05, 0.1) is 17.6 Å². The number of nitrogen functional groups attached to an aromatic ring is 1. The minimum atomic E-state index is 0.112. The van der Waals surface area contributed by atoms with E-state index in [0.717, 1.165) is 17.8 Å². The van der Waals surface area contributed by atoms with Crippen molar-refractivity contribution in [3.05, 3.63) is 11.9 Å². The number of nitrogens with zero attached hydrogens (tertiary/aromatic N) is 1. The van der Waals surface area contributed by atoms with E-state index >= 15 is 0 Å². The summed E-state index contributed by atoms with van der Waals surface area (Å²) < 4.78 is 0. The lowest BCUT2D eigenvalue weighted by molar-refractivity contribution is 0.491. The van der Waals surface area contributed by atoms with Crippen LogP contribution in [0.15, 0.2) is 6.20 Å². The van der Waals surface area contributed by atoms with E-state index in [-0.39, 0.29) is 5.41 Å². The maximum Gasteiger partial charge on any atom is 0.0735 e. The fourth-order valence-corrected chi connectivity index (χ4v) is 1.01. The van der Waals surface area contributed by atoms with Crippen LogP contribution in [0.3, 0.4) is 0 Å². The van der Waals surface area contributed by atoms with Gasteiger partial charge in [-0.15, -0.1) is 0 Å². The highest BCUT2D eigenvalue weighted by molar-refractivity contribution is 5.43. The molecule has 1 rings (SSSR count). The van der Waals surface area contributed by atoms with Crippen molar-refractivity contribution in [1.29, 1.82) is 0 Å². The maximum absolute atomic E-state index is 5.71. The molecule has 3 nitrogen and oxygen atoms in total. The molecular weight excluding hydrogens is 138 g/mol. The van der Waals surface area contributed by atoms with Gasteiger partial charge < -0.3 is 5.73 Å². The third kappa shape index (κ3) is 1.37. The van der Waals surface area contributed by atoms with Crippen molar-refractivity contribution < 1.29 is 0 Å². The monoisotopic (exact) mass is 153 g/mol. The topological polar surface area (TPSA) is 54.7 Å². The Kier molecular flexibility index (Phi) is 1.89. The zero-order valence-electron chi connectivity index (χ0n) is 7.31. The number of hydrogen-bond acceptors (Lipinski definition) is 2.